The highest BCUT2D eigenvalue weighted by atomic mass is 16.2. The number of primary amides is 1. The van der Waals surface area contributed by atoms with Gasteiger partial charge in [0.25, 0.3) is 0 Å². The Morgan fingerprint density at radius 1 is 1.50 bits per heavy atom. The minimum Gasteiger partial charge on any atom is -0.368 e. The Labute approximate surface area is 84.4 Å². The maximum Gasteiger partial charge on any atom is 0.240 e. The lowest BCUT2D eigenvalue weighted by molar-refractivity contribution is -0.139. The van der Waals surface area contributed by atoms with E-state index in [1.165, 1.54) is 0 Å². The highest BCUT2D eigenvalue weighted by Crippen LogP contribution is 2.15. The molecule has 1 saturated heterocycles. The van der Waals surface area contributed by atoms with E-state index in [2.05, 4.69) is 0 Å². The summed E-state index contributed by atoms with van der Waals surface area (Å²) in [5, 5.41) is 0. The third-order valence-corrected chi connectivity index (χ3v) is 2.70. The Bertz CT molecular complexity index is 228. The van der Waals surface area contributed by atoms with Crippen LogP contribution in [-0.4, -0.2) is 29.3 Å². The van der Waals surface area contributed by atoms with Crippen LogP contribution in [0.2, 0.25) is 0 Å². The van der Waals surface area contributed by atoms with Gasteiger partial charge in [0.2, 0.25) is 11.8 Å². The minimum absolute atomic E-state index is 0.0770. The van der Waals surface area contributed by atoms with Gasteiger partial charge in [0.1, 0.15) is 6.04 Å². The molecule has 2 amide bonds. The summed E-state index contributed by atoms with van der Waals surface area (Å²) in [5.74, 6) is -0.309. The molecule has 4 nitrogen and oxygen atoms in total. The molecule has 1 unspecified atom stereocenters. The lowest BCUT2D eigenvalue weighted by Gasteiger charge is -2.27. The zero-order chi connectivity index (χ0) is 10.6. The summed E-state index contributed by atoms with van der Waals surface area (Å²) in [6.07, 6.45) is 4.16. The van der Waals surface area contributed by atoms with E-state index in [1.807, 2.05) is 6.92 Å². The van der Waals surface area contributed by atoms with Crippen LogP contribution in [0.4, 0.5) is 0 Å². The smallest absolute Gasteiger partial charge is 0.240 e. The molecule has 0 aromatic carbocycles. The van der Waals surface area contributed by atoms with Gasteiger partial charge >= 0.3 is 0 Å². The molecule has 0 saturated carbocycles. The molecule has 1 rings (SSSR count). The molecular weight excluding hydrogens is 180 g/mol. The number of hydrogen-bond acceptors (Lipinski definition) is 2. The van der Waals surface area contributed by atoms with Crippen molar-refractivity contribution in [3.8, 4) is 0 Å². The molecule has 1 atom stereocenters. The predicted molar refractivity (Wildman–Crippen MR) is 53.5 cm³/mol. The van der Waals surface area contributed by atoms with Crippen molar-refractivity contribution in [2.24, 2.45) is 5.73 Å². The number of carbonyl (C=O) groups is 2. The van der Waals surface area contributed by atoms with Gasteiger partial charge in [-0.1, -0.05) is 13.3 Å². The Morgan fingerprint density at radius 3 is 2.79 bits per heavy atom. The molecule has 1 aliphatic heterocycles. The molecule has 1 aliphatic rings. The molecule has 2 N–H and O–H groups in total. The average Bonchev–Trinajstić information content (AvgIpc) is 2.33. The second-order valence-electron chi connectivity index (χ2n) is 3.72. The van der Waals surface area contributed by atoms with Crippen molar-refractivity contribution in [2.45, 2.75) is 45.1 Å². The summed E-state index contributed by atoms with van der Waals surface area (Å²) in [6.45, 7) is 2.56. The van der Waals surface area contributed by atoms with E-state index in [1.54, 1.807) is 4.90 Å². The van der Waals surface area contributed by atoms with Crippen LogP contribution in [0.25, 0.3) is 0 Å². The zero-order valence-electron chi connectivity index (χ0n) is 8.66. The first kappa shape index (κ1) is 11.0. The van der Waals surface area contributed by atoms with Crippen LogP contribution < -0.4 is 5.73 Å². The van der Waals surface area contributed by atoms with Crippen molar-refractivity contribution in [1.82, 2.24) is 4.90 Å². The molecule has 0 bridgehead atoms. The third kappa shape index (κ3) is 2.47. The van der Waals surface area contributed by atoms with Gasteiger partial charge in [0, 0.05) is 13.0 Å². The average molecular weight is 198 g/mol. The highest BCUT2D eigenvalue weighted by molar-refractivity contribution is 5.86. The van der Waals surface area contributed by atoms with Crippen molar-refractivity contribution < 1.29 is 9.59 Å². The lowest BCUT2D eigenvalue weighted by Crippen LogP contribution is -2.47. The van der Waals surface area contributed by atoms with E-state index in [0.717, 1.165) is 19.3 Å². The van der Waals surface area contributed by atoms with Crippen LogP contribution in [-0.2, 0) is 9.59 Å². The van der Waals surface area contributed by atoms with E-state index in [9.17, 15) is 9.59 Å². The maximum absolute atomic E-state index is 11.6. The molecule has 0 aromatic heterocycles. The van der Waals surface area contributed by atoms with Crippen molar-refractivity contribution in [3.05, 3.63) is 0 Å². The molecule has 0 radical (unpaired) electrons. The van der Waals surface area contributed by atoms with Gasteiger partial charge in [-0.2, -0.15) is 0 Å². The number of nitrogens with zero attached hydrogens (tertiary/aromatic N) is 1. The molecule has 1 fully saturated rings. The molecule has 4 heteroatoms. The quantitative estimate of drug-likeness (QED) is 0.723. The van der Waals surface area contributed by atoms with Crippen LogP contribution >= 0.6 is 0 Å². The van der Waals surface area contributed by atoms with Gasteiger partial charge in [0.15, 0.2) is 0 Å². The fraction of sp³-hybridized carbons (Fsp3) is 0.800. The van der Waals surface area contributed by atoms with Crippen LogP contribution in [0.5, 0.6) is 0 Å². The summed E-state index contributed by atoms with van der Waals surface area (Å²) < 4.78 is 0. The Morgan fingerprint density at radius 2 is 2.21 bits per heavy atom. The first-order valence-electron chi connectivity index (χ1n) is 5.25. The molecule has 0 aliphatic carbocycles. The van der Waals surface area contributed by atoms with E-state index < -0.39 is 6.04 Å². The van der Waals surface area contributed by atoms with Crippen molar-refractivity contribution in [3.63, 3.8) is 0 Å². The van der Waals surface area contributed by atoms with Gasteiger partial charge in [0.05, 0.1) is 0 Å². The van der Waals surface area contributed by atoms with E-state index in [4.69, 9.17) is 5.73 Å². The summed E-state index contributed by atoms with van der Waals surface area (Å²) in [7, 11) is 0. The Hall–Kier alpha value is -1.06. The standard InChI is InChI=1S/C10H18N2O2/c1-2-8(10(11)14)12-7-5-3-4-6-9(12)13/h8H,2-7H2,1H3,(H2,11,14). The van der Waals surface area contributed by atoms with Crippen molar-refractivity contribution >= 4 is 11.8 Å². The number of rotatable bonds is 3. The van der Waals surface area contributed by atoms with Crippen molar-refractivity contribution in [1.29, 1.82) is 0 Å². The van der Waals surface area contributed by atoms with Crippen LogP contribution in [0.15, 0.2) is 0 Å². The first-order chi connectivity index (χ1) is 6.66. The number of likely N-dealkylation sites (tertiary alicyclic amines) is 1. The fourth-order valence-corrected chi connectivity index (χ4v) is 1.91. The number of amides is 2. The minimum atomic E-state index is -0.402. The molecule has 0 spiro atoms. The van der Waals surface area contributed by atoms with Gasteiger partial charge in [-0.25, -0.2) is 0 Å². The highest BCUT2D eigenvalue weighted by Gasteiger charge is 2.27. The third-order valence-electron chi connectivity index (χ3n) is 2.70. The molecule has 14 heavy (non-hydrogen) atoms. The lowest BCUT2D eigenvalue weighted by atomic mass is 10.1. The largest absolute Gasteiger partial charge is 0.368 e. The monoisotopic (exact) mass is 198 g/mol. The molecular formula is C10H18N2O2. The number of hydrogen-bond donors (Lipinski definition) is 1. The van der Waals surface area contributed by atoms with E-state index in [0.29, 0.717) is 19.4 Å². The number of nitrogens with two attached hydrogens (primary N) is 1. The summed E-state index contributed by atoms with van der Waals surface area (Å²) >= 11 is 0. The second kappa shape index (κ2) is 4.98. The normalized spacial score (nSPS) is 20.4. The van der Waals surface area contributed by atoms with E-state index >= 15 is 0 Å². The first-order valence-corrected chi connectivity index (χ1v) is 5.25. The zero-order valence-corrected chi connectivity index (χ0v) is 8.66. The summed E-state index contributed by atoms with van der Waals surface area (Å²) in [6, 6.07) is -0.402. The van der Waals surface area contributed by atoms with Crippen LogP contribution in [0.3, 0.4) is 0 Å². The van der Waals surface area contributed by atoms with Crippen LogP contribution in [0.1, 0.15) is 39.0 Å². The van der Waals surface area contributed by atoms with Gasteiger partial charge in [-0.3, -0.25) is 9.59 Å². The maximum atomic E-state index is 11.6. The molecule has 1 heterocycles. The molecule has 80 valence electrons. The Kier molecular flexibility index (Phi) is 3.92. The summed E-state index contributed by atoms with van der Waals surface area (Å²) in [5.41, 5.74) is 5.26. The Balaban J connectivity index is 2.70. The van der Waals surface area contributed by atoms with Gasteiger partial charge < -0.3 is 10.6 Å². The van der Waals surface area contributed by atoms with Crippen LogP contribution in [0, 0.1) is 0 Å². The SMILES string of the molecule is CCC(C(N)=O)N1CCCCCC1=O. The van der Waals surface area contributed by atoms with E-state index in [-0.39, 0.29) is 11.8 Å². The fourth-order valence-electron chi connectivity index (χ4n) is 1.91. The van der Waals surface area contributed by atoms with Gasteiger partial charge in [-0.15, -0.1) is 0 Å². The number of carbonyl (C=O) groups excluding carboxylic acids is 2. The van der Waals surface area contributed by atoms with Crippen molar-refractivity contribution in [2.75, 3.05) is 6.54 Å². The molecule has 0 aromatic rings. The topological polar surface area (TPSA) is 63.4 Å². The summed E-state index contributed by atoms with van der Waals surface area (Å²) in [4.78, 5) is 24.4. The van der Waals surface area contributed by atoms with Gasteiger partial charge in [-0.05, 0) is 19.3 Å². The predicted octanol–water partition coefficient (Wildman–Crippen LogP) is 0.653. The second-order valence-corrected chi connectivity index (χ2v) is 3.72.